The van der Waals surface area contributed by atoms with Crippen molar-refractivity contribution in [2.24, 2.45) is 28.2 Å². The zero-order valence-corrected chi connectivity index (χ0v) is 31.8. The third kappa shape index (κ3) is 6.17. The molecule has 0 spiro atoms. The Morgan fingerprint density at radius 2 is 0.611 bits per heavy atom. The third-order valence-electron chi connectivity index (χ3n) is 9.85. The van der Waals surface area contributed by atoms with E-state index < -0.39 is 0 Å². The van der Waals surface area contributed by atoms with Crippen molar-refractivity contribution in [3.8, 4) is 45.0 Å². The van der Waals surface area contributed by atoms with Gasteiger partial charge < -0.3 is 17.4 Å². The molecule has 0 N–H and O–H groups in total. The summed E-state index contributed by atoms with van der Waals surface area (Å²) >= 11 is 0. The van der Waals surface area contributed by atoms with Crippen LogP contribution in [0.3, 0.4) is 0 Å². The van der Waals surface area contributed by atoms with Crippen LogP contribution in [0.2, 0.25) is 0 Å². The molecule has 0 fully saturated rings. The maximum Gasteiger partial charge on any atom is 3.00 e. The largest absolute Gasteiger partial charge is 3.00 e. The molecule has 264 valence electrons. The SMILES string of the molecule is C[n+]1ccccc1-c1c2nc(c(-c3cccc[n+]3C)c3ccc([n-]3)c(-c3cccc[n+]3C)c3nc(c(-c4cccc[n+]4C)c4ccc1[n-]4)C=C3)C=C2.[CH3-].[Co+3]. The van der Waals surface area contributed by atoms with E-state index in [4.69, 9.17) is 19.9 Å². The van der Waals surface area contributed by atoms with Crippen molar-refractivity contribution in [2.45, 2.75) is 0 Å². The summed E-state index contributed by atoms with van der Waals surface area (Å²) < 4.78 is 8.49. The van der Waals surface area contributed by atoms with E-state index in [2.05, 4.69) is 168 Å². The molecule has 9 heteroatoms. The molecular formula is C45H39CoN8+4. The Morgan fingerprint density at radius 3 is 0.833 bits per heavy atom. The molecule has 0 atom stereocenters. The Hall–Kier alpha value is -6.29. The Kier molecular flexibility index (Phi) is 9.77. The summed E-state index contributed by atoms with van der Waals surface area (Å²) in [6.45, 7) is 0. The molecule has 0 saturated heterocycles. The molecule has 0 aromatic carbocycles. The number of hydrogen-bond acceptors (Lipinski definition) is 2. The number of fused-ring (bicyclic) bond motifs is 8. The van der Waals surface area contributed by atoms with Gasteiger partial charge in [0.25, 0.3) is 0 Å². The van der Waals surface area contributed by atoms with E-state index in [-0.39, 0.29) is 24.2 Å². The van der Waals surface area contributed by atoms with Crippen LogP contribution in [0.5, 0.6) is 0 Å². The topological polar surface area (TPSA) is 69.5 Å². The molecule has 8 bridgehead atoms. The first-order valence-electron chi connectivity index (χ1n) is 17.3. The smallest absolute Gasteiger partial charge is 0.656 e. The van der Waals surface area contributed by atoms with Gasteiger partial charge in [0.05, 0.1) is 45.0 Å². The van der Waals surface area contributed by atoms with Crippen LogP contribution < -0.4 is 28.2 Å². The first kappa shape index (κ1) is 36.1. The van der Waals surface area contributed by atoms with Gasteiger partial charge >= 0.3 is 16.8 Å². The molecule has 8 nitrogen and oxygen atoms in total. The van der Waals surface area contributed by atoms with Crippen LogP contribution in [0.15, 0.2) is 122 Å². The molecule has 9 rings (SSSR count). The second-order valence-electron chi connectivity index (χ2n) is 13.1. The maximum atomic E-state index is 5.38. The first-order valence-corrected chi connectivity index (χ1v) is 17.3. The number of pyridine rings is 4. The predicted molar refractivity (Wildman–Crippen MR) is 210 cm³/mol. The molecule has 7 aromatic rings. The summed E-state index contributed by atoms with van der Waals surface area (Å²) in [5.41, 5.74) is 14.5. The monoisotopic (exact) mass is 750 g/mol. The van der Waals surface area contributed by atoms with Gasteiger partial charge in [-0.05, 0) is 48.6 Å². The molecule has 0 radical (unpaired) electrons. The number of nitrogens with zero attached hydrogens (tertiary/aromatic N) is 8. The summed E-state index contributed by atoms with van der Waals surface area (Å²) in [6.07, 6.45) is 16.6. The van der Waals surface area contributed by atoms with Crippen LogP contribution in [-0.2, 0) is 45.0 Å². The van der Waals surface area contributed by atoms with Gasteiger partial charge in [0.15, 0.2) is 24.8 Å². The molecule has 7 aromatic heterocycles. The fourth-order valence-corrected chi connectivity index (χ4v) is 7.27. The van der Waals surface area contributed by atoms with E-state index in [9.17, 15) is 0 Å². The van der Waals surface area contributed by atoms with Crippen molar-refractivity contribution in [2.75, 3.05) is 0 Å². The average molecular weight is 751 g/mol. The fourth-order valence-electron chi connectivity index (χ4n) is 7.27. The Bertz CT molecular complexity index is 2440. The van der Waals surface area contributed by atoms with Crippen molar-refractivity contribution in [3.63, 3.8) is 0 Å². The summed E-state index contributed by atoms with van der Waals surface area (Å²) in [5, 5.41) is 0. The summed E-state index contributed by atoms with van der Waals surface area (Å²) in [5.74, 6) is 0. The summed E-state index contributed by atoms with van der Waals surface area (Å²) in [7, 11) is 8.24. The van der Waals surface area contributed by atoms with E-state index in [0.29, 0.717) is 0 Å². The van der Waals surface area contributed by atoms with Gasteiger partial charge in [0, 0.05) is 48.5 Å². The quantitative estimate of drug-likeness (QED) is 0.156. The minimum Gasteiger partial charge on any atom is -0.656 e. The van der Waals surface area contributed by atoms with Gasteiger partial charge in [-0.2, -0.15) is 0 Å². The third-order valence-corrected chi connectivity index (χ3v) is 9.85. The molecule has 0 unspecified atom stereocenters. The van der Waals surface area contributed by atoms with Gasteiger partial charge in [-0.1, -0.05) is 24.3 Å². The van der Waals surface area contributed by atoms with Crippen molar-refractivity contribution >= 4 is 46.4 Å². The fraction of sp³-hybridized carbons (Fsp3) is 0.0889. The van der Waals surface area contributed by atoms with Crippen molar-refractivity contribution in [3.05, 3.63) is 152 Å². The van der Waals surface area contributed by atoms with E-state index in [1.54, 1.807) is 0 Å². The van der Waals surface area contributed by atoms with Gasteiger partial charge in [-0.15, -0.1) is 22.1 Å². The predicted octanol–water partition coefficient (Wildman–Crippen LogP) is 6.33. The second kappa shape index (κ2) is 14.6. The molecule has 0 aliphatic carbocycles. The minimum atomic E-state index is 0. The molecule has 0 saturated carbocycles. The van der Waals surface area contributed by atoms with Gasteiger partial charge in [0.1, 0.15) is 28.2 Å². The molecule has 54 heavy (non-hydrogen) atoms. The second-order valence-corrected chi connectivity index (χ2v) is 13.1. The Morgan fingerprint density at radius 1 is 0.370 bits per heavy atom. The molecule has 9 heterocycles. The van der Waals surface area contributed by atoms with Crippen LogP contribution >= 0.6 is 0 Å². The van der Waals surface area contributed by atoms with Crippen LogP contribution in [0.25, 0.3) is 91.4 Å². The normalized spacial score (nSPS) is 11.6. The van der Waals surface area contributed by atoms with Gasteiger partial charge in [0.2, 0.25) is 22.8 Å². The molecule has 2 aliphatic heterocycles. The first-order chi connectivity index (χ1) is 25.4. The van der Waals surface area contributed by atoms with E-state index in [0.717, 1.165) is 89.9 Å². The van der Waals surface area contributed by atoms with E-state index in [1.807, 2.05) is 24.3 Å². The Labute approximate surface area is 325 Å². The van der Waals surface area contributed by atoms with Crippen molar-refractivity contribution < 1.29 is 35.0 Å². The van der Waals surface area contributed by atoms with Crippen molar-refractivity contribution in [1.29, 1.82) is 0 Å². The summed E-state index contributed by atoms with van der Waals surface area (Å²) in [6, 6.07) is 33.3. The standard InChI is InChI=1S/C44H36N8.CH3.Co/c1-49-25-9-5-13-37(49)41-29-17-19-31(45-29)42(38-14-6-10-26-50(38)2)33-21-23-35(47-33)44(40-16-8-12-28-52(40)4)36-24-22-34(48-36)43(32-20-18-30(41)46-32)39-15-7-11-27-51(39)3;;/h5-28H,1-4H3;1H3;/q+2;-1;+3. The minimum absolute atomic E-state index is 0. The van der Waals surface area contributed by atoms with Crippen LogP contribution in [0.1, 0.15) is 22.8 Å². The number of aryl methyl sites for hydroxylation is 4. The number of rotatable bonds is 4. The van der Waals surface area contributed by atoms with E-state index >= 15 is 0 Å². The van der Waals surface area contributed by atoms with E-state index in [1.165, 1.54) is 0 Å². The zero-order valence-electron chi connectivity index (χ0n) is 30.8. The average Bonchev–Trinajstić information content (AvgIpc) is 3.99. The van der Waals surface area contributed by atoms with Crippen molar-refractivity contribution in [1.82, 2.24) is 19.9 Å². The van der Waals surface area contributed by atoms with Gasteiger partial charge in [-0.3, -0.25) is 0 Å². The molecular weight excluding hydrogens is 711 g/mol. The van der Waals surface area contributed by atoms with Gasteiger partial charge in [-0.25, -0.2) is 28.2 Å². The number of aromatic nitrogens is 8. The zero-order chi connectivity index (χ0) is 35.3. The Balaban J connectivity index is 0.00000225. The summed E-state index contributed by atoms with van der Waals surface area (Å²) in [4.78, 5) is 21.5. The maximum absolute atomic E-state index is 5.38. The molecule has 2 aliphatic rings. The molecule has 0 amide bonds. The number of hydrogen-bond donors (Lipinski definition) is 0. The van der Waals surface area contributed by atoms with Crippen LogP contribution in [0.4, 0.5) is 0 Å². The van der Waals surface area contributed by atoms with Crippen LogP contribution in [-0.4, -0.2) is 9.97 Å². The van der Waals surface area contributed by atoms with Crippen LogP contribution in [0, 0.1) is 7.43 Å².